The molecule has 0 unspecified atom stereocenters. The number of esters is 2. The highest BCUT2D eigenvalue weighted by Crippen LogP contribution is 2.61. The van der Waals surface area contributed by atoms with E-state index >= 15 is 0 Å². The van der Waals surface area contributed by atoms with E-state index in [1.54, 1.807) is 0 Å². The number of allylic oxidation sites excluding steroid dienone is 9. The van der Waals surface area contributed by atoms with Crippen LogP contribution in [-0.2, 0) is 32.1 Å². The lowest BCUT2D eigenvalue weighted by molar-refractivity contribution is -0.000914. The fourth-order valence-electron chi connectivity index (χ4n) is 24.8. The van der Waals surface area contributed by atoms with Crippen LogP contribution in [0.15, 0.2) is 204 Å². The van der Waals surface area contributed by atoms with Crippen molar-refractivity contribution in [3.05, 3.63) is 271 Å². The molecule has 742 valence electrons. The molecule has 9 aromatic rings. The molecule has 10 aliphatic rings. The molecule has 0 bridgehead atoms. The second kappa shape index (κ2) is 44.4. The predicted molar refractivity (Wildman–Crippen MR) is 571 cm³/mol. The molecular formula is C127H162O12. The van der Waals surface area contributed by atoms with Gasteiger partial charge in [0.1, 0.15) is 85.5 Å². The lowest BCUT2D eigenvalue weighted by atomic mass is 9.65. The van der Waals surface area contributed by atoms with Crippen LogP contribution in [-0.4, -0.2) is 55.3 Å². The average molecular weight is 1880 g/mol. The molecule has 3 N–H and O–H groups in total. The maximum atomic E-state index is 13.4. The molecular weight excluding hydrogens is 1720 g/mol. The van der Waals surface area contributed by atoms with Gasteiger partial charge in [-0.1, -0.05) is 218 Å². The molecule has 1 fully saturated rings. The van der Waals surface area contributed by atoms with Gasteiger partial charge in [0.05, 0.1) is 11.1 Å². The zero-order chi connectivity index (χ0) is 99.0. The molecule has 0 spiro atoms. The van der Waals surface area contributed by atoms with Crippen molar-refractivity contribution in [3.8, 4) is 57.5 Å². The largest absolute Gasteiger partial charge is 0.508 e. The second-order valence-electron chi connectivity index (χ2n) is 45.3. The van der Waals surface area contributed by atoms with Crippen LogP contribution in [0.25, 0.3) is 21.5 Å². The van der Waals surface area contributed by atoms with Crippen molar-refractivity contribution >= 4 is 33.5 Å². The van der Waals surface area contributed by atoms with E-state index in [1.165, 1.54) is 139 Å². The van der Waals surface area contributed by atoms with Crippen LogP contribution < -0.4 is 33.2 Å². The SMILES string of the molecule is C=C1CC[C@@H]2[C@@H](C1)c1c(O)cc(CCCCC)cc1OC2(C)C.CCCCCc1cc(O)c2c(c1)OC(C)(C)[C@@H]1CC=C(C)C[C@@H]21.CCCCCc1cc(O)c2c(c1)OC(C)(C)[C@@H]1CCC(C)=C[C@@H]21.CCCCCc1cc(OC(=O)c2ccc3ccccc3c2)c2c(c1)OC(C)(C)[C@@H]1CC=C(C)C[C@@H]21.CCCCCc1cc(OC(=O)c2ccc3ccccc3c2)c2c(c1)OC(C)(C)[C@@H]1CCC(C)=C[C@@H]21. The fourth-order valence-corrected chi connectivity index (χ4v) is 24.8. The summed E-state index contributed by atoms with van der Waals surface area (Å²) in [6.07, 6.45) is 43.8. The molecule has 1 saturated carbocycles. The van der Waals surface area contributed by atoms with Crippen LogP contribution in [0.3, 0.4) is 0 Å². The number of aromatic hydroxyl groups is 3. The van der Waals surface area contributed by atoms with Gasteiger partial charge in [-0.15, -0.1) is 0 Å². The average Bonchev–Trinajstić information content (AvgIpc) is 0.751. The summed E-state index contributed by atoms with van der Waals surface area (Å²) in [6.45, 7) is 46.1. The van der Waals surface area contributed by atoms with Gasteiger partial charge in [-0.2, -0.15) is 0 Å². The fraction of sp³-hybridized carbons (Fsp3) is 0.512. The maximum Gasteiger partial charge on any atom is 0.343 e. The molecule has 0 amide bonds. The molecule has 0 aromatic heterocycles. The van der Waals surface area contributed by atoms with E-state index in [1.807, 2.05) is 91.0 Å². The summed E-state index contributed by atoms with van der Waals surface area (Å²) >= 11 is 0. The number of benzene rings is 9. The second-order valence-corrected chi connectivity index (χ2v) is 45.3. The van der Waals surface area contributed by atoms with E-state index in [0.29, 0.717) is 81.3 Å². The van der Waals surface area contributed by atoms with E-state index in [2.05, 4.69) is 217 Å². The molecule has 0 saturated heterocycles. The first-order valence-electron chi connectivity index (χ1n) is 53.6. The van der Waals surface area contributed by atoms with E-state index in [9.17, 15) is 24.9 Å². The number of fused-ring (bicyclic) bond motifs is 17. The van der Waals surface area contributed by atoms with Crippen LogP contribution in [0.2, 0.25) is 0 Å². The molecule has 10 atom stereocenters. The van der Waals surface area contributed by atoms with Crippen molar-refractivity contribution < 1.29 is 58.1 Å². The Morgan fingerprint density at radius 1 is 0.338 bits per heavy atom. The summed E-state index contributed by atoms with van der Waals surface area (Å²) in [5, 5.41) is 36.3. The molecule has 12 heteroatoms. The molecule has 5 aliphatic heterocycles. The van der Waals surface area contributed by atoms with Gasteiger partial charge in [0.25, 0.3) is 0 Å². The summed E-state index contributed by atoms with van der Waals surface area (Å²) < 4.78 is 44.8. The third kappa shape index (κ3) is 23.8. The number of hydrogen-bond donors (Lipinski definition) is 3. The summed E-state index contributed by atoms with van der Waals surface area (Å²) in [4.78, 5) is 26.8. The van der Waals surface area contributed by atoms with E-state index in [-0.39, 0.29) is 57.7 Å². The van der Waals surface area contributed by atoms with Crippen molar-refractivity contribution in [1.29, 1.82) is 0 Å². The van der Waals surface area contributed by atoms with Crippen molar-refractivity contribution in [2.45, 2.75) is 388 Å². The number of carbonyl (C=O) groups is 2. The van der Waals surface area contributed by atoms with Gasteiger partial charge in [0.15, 0.2) is 0 Å². The Morgan fingerprint density at radius 2 is 0.647 bits per heavy atom. The van der Waals surface area contributed by atoms with Crippen LogP contribution in [0, 0.1) is 29.6 Å². The molecule has 5 aliphatic carbocycles. The first kappa shape index (κ1) is 103. The molecule has 5 heterocycles. The topological polar surface area (TPSA) is 159 Å². The summed E-state index contributed by atoms with van der Waals surface area (Å²) in [6, 6.07) is 48.7. The zero-order valence-electron chi connectivity index (χ0n) is 87.6. The Balaban J connectivity index is 0.000000134. The van der Waals surface area contributed by atoms with Gasteiger partial charge in [0.2, 0.25) is 0 Å². The Hall–Kier alpha value is -10.5. The Bertz CT molecular complexity index is 5960. The zero-order valence-corrected chi connectivity index (χ0v) is 87.6. The summed E-state index contributed by atoms with van der Waals surface area (Å²) in [5.41, 5.74) is 18.1. The first-order chi connectivity index (χ1) is 66.5. The van der Waals surface area contributed by atoms with Crippen molar-refractivity contribution in [2.24, 2.45) is 29.6 Å². The van der Waals surface area contributed by atoms with Gasteiger partial charge in [-0.05, 0) is 366 Å². The first-order valence-corrected chi connectivity index (χ1v) is 53.6. The third-order valence-electron chi connectivity index (χ3n) is 32.5. The maximum absolute atomic E-state index is 13.4. The Kier molecular flexibility index (Phi) is 32.8. The van der Waals surface area contributed by atoms with Crippen molar-refractivity contribution in [1.82, 2.24) is 0 Å². The lowest BCUT2D eigenvalue weighted by Crippen LogP contribution is -2.46. The number of hydrogen-bond acceptors (Lipinski definition) is 12. The smallest absolute Gasteiger partial charge is 0.343 e. The molecule has 0 radical (unpaired) electrons. The number of phenolic OH excluding ortho intramolecular Hbond substituents is 3. The molecule has 139 heavy (non-hydrogen) atoms. The summed E-state index contributed by atoms with van der Waals surface area (Å²) in [7, 11) is 0. The Labute approximate surface area is 832 Å². The molecule has 9 aromatic carbocycles. The normalized spacial score (nSPS) is 22.8. The number of phenols is 3. The number of rotatable bonds is 24. The number of aryl methyl sites for hydroxylation is 5. The quantitative estimate of drug-likeness (QED) is 0.0228. The standard InChI is InChI=1S/2C32H36O3.3C21H30O2/c2*1-5-6-7-10-22-18-28(34-31(33)25-15-14-23-11-8-9-12-24(23)20-25)30-26-17-21(2)13-16-27(26)32(3,4)35-29(30)19-22;3*1-5-6-7-8-15-12-18(22)20-16-11-14(2)9-10-17(16)21(3,4)23-19(20)13-15/h8-9,11-12,14-15,17-20,26-27H,5-7,10,13,16H2,1-4H3;8-9,11-15,18-20,26-27H,5-7,10,16-17H2,1-4H3;11-13,16-17,22H,5-10H2,1-4H3;9,12-13,16-17,22H,5-8,10-11H2,1-4H3;12-13,16-17,22H,2,5-11H2,1,3-4H3/t2*26-,27-;3*16-,17-/m11111/s1. The van der Waals surface area contributed by atoms with Gasteiger partial charge < -0.3 is 48.5 Å². The highest BCUT2D eigenvalue weighted by molar-refractivity contribution is 5.98. The number of ether oxygens (including phenoxy) is 7. The van der Waals surface area contributed by atoms with Crippen molar-refractivity contribution in [2.75, 3.05) is 0 Å². The molecule has 19 rings (SSSR count). The van der Waals surface area contributed by atoms with E-state index in [4.69, 9.17) is 33.2 Å². The van der Waals surface area contributed by atoms with Gasteiger partial charge in [-0.25, -0.2) is 9.59 Å². The van der Waals surface area contributed by atoms with Crippen LogP contribution in [0.4, 0.5) is 0 Å². The minimum atomic E-state index is -0.318. The number of unbranched alkanes of at least 4 members (excludes halogenated alkanes) is 10. The van der Waals surface area contributed by atoms with Crippen LogP contribution in [0.5, 0.6) is 57.5 Å². The molecule has 12 nitrogen and oxygen atoms in total. The highest BCUT2D eigenvalue weighted by atomic mass is 16.5. The van der Waals surface area contributed by atoms with Gasteiger partial charge in [0, 0.05) is 87.0 Å². The highest BCUT2D eigenvalue weighted by Gasteiger charge is 2.52. The van der Waals surface area contributed by atoms with Gasteiger partial charge >= 0.3 is 11.9 Å². The minimum absolute atomic E-state index is 0.174. The lowest BCUT2D eigenvalue weighted by Gasteiger charge is -2.48. The summed E-state index contributed by atoms with van der Waals surface area (Å²) in [5.74, 6) is 9.97. The van der Waals surface area contributed by atoms with Crippen LogP contribution >= 0.6 is 0 Å². The van der Waals surface area contributed by atoms with Crippen LogP contribution in [0.1, 0.15) is 404 Å². The van der Waals surface area contributed by atoms with E-state index in [0.717, 1.165) is 194 Å². The monoisotopic (exact) mass is 1880 g/mol. The predicted octanol–water partition coefficient (Wildman–Crippen LogP) is 34.0. The minimum Gasteiger partial charge on any atom is -0.508 e. The number of carbonyl (C=O) groups excluding carboxylic acids is 2. The van der Waals surface area contributed by atoms with Crippen molar-refractivity contribution in [3.63, 3.8) is 0 Å². The van der Waals surface area contributed by atoms with Gasteiger partial charge in [-0.3, -0.25) is 0 Å². The third-order valence-corrected chi connectivity index (χ3v) is 32.5. The van der Waals surface area contributed by atoms with E-state index < -0.39 is 0 Å². The Morgan fingerprint density at radius 3 is 1.04 bits per heavy atom.